The molecule has 3 atom stereocenters. The average Bonchev–Trinajstić information content (AvgIpc) is 2.67. The molecule has 178 valence electrons. The summed E-state index contributed by atoms with van der Waals surface area (Å²) in [5.74, 6) is 1.52. The van der Waals surface area contributed by atoms with Crippen LogP contribution in [0.1, 0.15) is 131 Å². The van der Waals surface area contributed by atoms with E-state index >= 15 is 0 Å². The molecule has 0 bridgehead atoms. The number of Topliss-reactive ketones (excluding diaryl/α,β-unsaturated/α-hetero) is 3. The molecule has 0 aromatic heterocycles. The Labute approximate surface area is 195 Å². The summed E-state index contributed by atoms with van der Waals surface area (Å²) in [7, 11) is 0. The van der Waals surface area contributed by atoms with Crippen LogP contribution >= 0.6 is 0 Å². The smallest absolute Gasteiger partial charge is 0.163 e. The zero-order valence-corrected chi connectivity index (χ0v) is 21.6. The molecule has 0 fully saturated rings. The van der Waals surface area contributed by atoms with Crippen LogP contribution < -0.4 is 0 Å². The number of fused-ring (bicyclic) bond motifs is 1. The fraction of sp³-hybridized carbons (Fsp3) is 0.690. The minimum Gasteiger partial charge on any atom is -0.300 e. The summed E-state index contributed by atoms with van der Waals surface area (Å²) in [6, 6.07) is 2.34. The summed E-state index contributed by atoms with van der Waals surface area (Å²) < 4.78 is 0. The van der Waals surface area contributed by atoms with Crippen LogP contribution in [-0.4, -0.2) is 17.3 Å². The van der Waals surface area contributed by atoms with Crippen molar-refractivity contribution in [1.82, 2.24) is 0 Å². The highest BCUT2D eigenvalue weighted by Gasteiger charge is 2.34. The second kappa shape index (κ2) is 11.4. The normalized spacial score (nSPS) is 18.1. The number of hydrogen-bond donors (Lipinski definition) is 0. The van der Waals surface area contributed by atoms with Crippen molar-refractivity contribution in [2.75, 3.05) is 0 Å². The van der Waals surface area contributed by atoms with Crippen molar-refractivity contribution in [3.63, 3.8) is 0 Å². The lowest BCUT2D eigenvalue weighted by Crippen LogP contribution is -2.30. The third kappa shape index (κ3) is 5.97. The molecule has 1 aromatic carbocycles. The van der Waals surface area contributed by atoms with E-state index in [0.717, 1.165) is 43.2 Å². The van der Waals surface area contributed by atoms with Gasteiger partial charge in [0.15, 0.2) is 5.78 Å². The molecule has 0 N–H and O–H groups in total. The first kappa shape index (κ1) is 26.5. The van der Waals surface area contributed by atoms with Crippen LogP contribution in [0.15, 0.2) is 6.07 Å². The van der Waals surface area contributed by atoms with Gasteiger partial charge in [-0.05, 0) is 79.0 Å². The second-order valence-corrected chi connectivity index (χ2v) is 10.7. The Bertz CT molecular complexity index is 846. The fourth-order valence-corrected chi connectivity index (χ4v) is 5.96. The van der Waals surface area contributed by atoms with Crippen molar-refractivity contribution >= 4 is 17.3 Å². The van der Waals surface area contributed by atoms with Crippen LogP contribution in [0.4, 0.5) is 0 Å². The summed E-state index contributed by atoms with van der Waals surface area (Å²) in [6.07, 6.45) is 5.18. The van der Waals surface area contributed by atoms with Gasteiger partial charge in [0.1, 0.15) is 11.6 Å². The zero-order valence-electron chi connectivity index (χ0n) is 21.6. The first-order valence-electron chi connectivity index (χ1n) is 12.7. The minimum absolute atomic E-state index is 0.0415. The Kier molecular flexibility index (Phi) is 9.42. The largest absolute Gasteiger partial charge is 0.300 e. The van der Waals surface area contributed by atoms with Gasteiger partial charge in [-0.25, -0.2) is 0 Å². The topological polar surface area (TPSA) is 51.2 Å². The molecule has 0 heterocycles. The van der Waals surface area contributed by atoms with Crippen molar-refractivity contribution in [3.8, 4) is 0 Å². The highest BCUT2D eigenvalue weighted by atomic mass is 16.1. The predicted octanol–water partition coefficient (Wildman–Crippen LogP) is 7.37. The van der Waals surface area contributed by atoms with Gasteiger partial charge in [-0.15, -0.1) is 0 Å². The van der Waals surface area contributed by atoms with E-state index in [0.29, 0.717) is 18.3 Å². The zero-order chi connectivity index (χ0) is 24.2. The standard InChI is InChI=1S/C29H44O3/c1-9-11-22(23(10-2)27(31)12-19(7)30)13-21-14-26-25(18(5)6)16-24(17(3)4)20(8)29(26)28(32)15-21/h16-18,21-23H,9-15H2,1-8H3. The van der Waals surface area contributed by atoms with Crippen LogP contribution in [-0.2, 0) is 16.0 Å². The molecule has 1 aromatic rings. The molecule has 0 radical (unpaired) electrons. The van der Waals surface area contributed by atoms with Gasteiger partial charge in [0.05, 0.1) is 6.42 Å². The van der Waals surface area contributed by atoms with Crippen molar-refractivity contribution in [2.45, 2.75) is 112 Å². The summed E-state index contributed by atoms with van der Waals surface area (Å²) in [5.41, 5.74) is 6.00. The second-order valence-electron chi connectivity index (χ2n) is 10.7. The number of rotatable bonds is 11. The Balaban J connectivity index is 2.39. The van der Waals surface area contributed by atoms with Gasteiger partial charge in [0.25, 0.3) is 0 Å². The molecule has 0 saturated heterocycles. The summed E-state index contributed by atoms with van der Waals surface area (Å²) in [4.78, 5) is 37.8. The van der Waals surface area contributed by atoms with Gasteiger partial charge in [-0.2, -0.15) is 0 Å². The van der Waals surface area contributed by atoms with Crippen molar-refractivity contribution in [3.05, 3.63) is 33.9 Å². The van der Waals surface area contributed by atoms with Gasteiger partial charge in [0, 0.05) is 17.9 Å². The van der Waals surface area contributed by atoms with E-state index < -0.39 is 0 Å². The number of carbonyl (C=O) groups excluding carboxylic acids is 3. The molecule has 2 rings (SSSR count). The van der Waals surface area contributed by atoms with E-state index in [1.807, 2.05) is 0 Å². The Hall–Kier alpha value is -1.77. The summed E-state index contributed by atoms with van der Waals surface area (Å²) in [6.45, 7) is 16.7. The first-order chi connectivity index (χ1) is 15.0. The molecule has 3 nitrogen and oxygen atoms in total. The SMILES string of the molecule is CCCC(CC1CC(=O)c2c(C)c(C(C)C)cc(C(C)C)c2C1)C(CC)C(=O)CC(C)=O. The van der Waals surface area contributed by atoms with E-state index in [2.05, 4.69) is 54.5 Å². The monoisotopic (exact) mass is 440 g/mol. The van der Waals surface area contributed by atoms with Crippen LogP contribution in [0.3, 0.4) is 0 Å². The minimum atomic E-state index is -0.0787. The average molecular weight is 441 g/mol. The molecular formula is C29H44O3. The van der Waals surface area contributed by atoms with E-state index in [4.69, 9.17) is 0 Å². The van der Waals surface area contributed by atoms with Gasteiger partial charge in [-0.1, -0.05) is 60.5 Å². The van der Waals surface area contributed by atoms with Crippen molar-refractivity contribution in [1.29, 1.82) is 0 Å². The maximum absolute atomic E-state index is 13.4. The van der Waals surface area contributed by atoms with Crippen LogP contribution in [0.25, 0.3) is 0 Å². The molecule has 0 saturated carbocycles. The van der Waals surface area contributed by atoms with Crippen molar-refractivity contribution in [2.24, 2.45) is 17.8 Å². The quantitative estimate of drug-likeness (QED) is 0.338. The van der Waals surface area contributed by atoms with Crippen LogP contribution in [0.2, 0.25) is 0 Å². The number of benzene rings is 1. The lowest BCUT2D eigenvalue weighted by molar-refractivity contribution is -0.129. The summed E-state index contributed by atoms with van der Waals surface area (Å²) in [5, 5.41) is 0. The van der Waals surface area contributed by atoms with Gasteiger partial charge in [-0.3, -0.25) is 14.4 Å². The van der Waals surface area contributed by atoms with E-state index in [9.17, 15) is 14.4 Å². The molecule has 0 amide bonds. The molecule has 1 aliphatic rings. The van der Waals surface area contributed by atoms with Gasteiger partial charge >= 0.3 is 0 Å². The molecule has 32 heavy (non-hydrogen) atoms. The fourth-order valence-electron chi connectivity index (χ4n) is 5.96. The Morgan fingerprint density at radius 2 is 1.66 bits per heavy atom. The third-order valence-corrected chi connectivity index (χ3v) is 7.40. The molecule has 3 unspecified atom stereocenters. The number of hydrogen-bond acceptors (Lipinski definition) is 3. The lowest BCUT2D eigenvalue weighted by Gasteiger charge is -2.34. The summed E-state index contributed by atoms with van der Waals surface area (Å²) >= 11 is 0. The van der Waals surface area contributed by atoms with Gasteiger partial charge < -0.3 is 0 Å². The van der Waals surface area contributed by atoms with Crippen molar-refractivity contribution < 1.29 is 14.4 Å². The highest BCUT2D eigenvalue weighted by Crippen LogP contribution is 2.41. The lowest BCUT2D eigenvalue weighted by atomic mass is 9.70. The maximum Gasteiger partial charge on any atom is 0.163 e. The number of ketones is 3. The number of carbonyl (C=O) groups is 3. The Morgan fingerprint density at radius 1 is 1.03 bits per heavy atom. The highest BCUT2D eigenvalue weighted by molar-refractivity contribution is 6.01. The Morgan fingerprint density at radius 3 is 2.16 bits per heavy atom. The van der Waals surface area contributed by atoms with Crippen LogP contribution in [0, 0.1) is 24.7 Å². The maximum atomic E-state index is 13.4. The van der Waals surface area contributed by atoms with E-state index in [1.165, 1.54) is 23.6 Å². The predicted molar refractivity (Wildman–Crippen MR) is 133 cm³/mol. The van der Waals surface area contributed by atoms with Crippen LogP contribution in [0.5, 0.6) is 0 Å². The molecule has 0 spiro atoms. The third-order valence-electron chi connectivity index (χ3n) is 7.40. The molecule has 0 aliphatic heterocycles. The molecule has 1 aliphatic carbocycles. The molecule has 3 heteroatoms. The molecular weight excluding hydrogens is 396 g/mol. The van der Waals surface area contributed by atoms with Gasteiger partial charge in [0.2, 0.25) is 0 Å². The van der Waals surface area contributed by atoms with E-state index in [1.54, 1.807) is 0 Å². The van der Waals surface area contributed by atoms with E-state index in [-0.39, 0.29) is 41.5 Å². The first-order valence-corrected chi connectivity index (χ1v) is 12.7.